The van der Waals surface area contributed by atoms with Gasteiger partial charge in [0.1, 0.15) is 5.82 Å². The van der Waals surface area contributed by atoms with E-state index in [9.17, 15) is 0 Å². The molecule has 3 aromatic heterocycles. The summed E-state index contributed by atoms with van der Waals surface area (Å²) in [5.74, 6) is 0.878. The molecule has 13 rings (SSSR count). The molecule has 0 aliphatic carbocycles. The Bertz CT molecular complexity index is 3900. The van der Waals surface area contributed by atoms with E-state index in [1.165, 1.54) is 64.5 Å². The van der Waals surface area contributed by atoms with Gasteiger partial charge >= 0.3 is 0 Å². The summed E-state index contributed by atoms with van der Waals surface area (Å²) in [5.41, 5.74) is 12.4. The zero-order valence-corrected chi connectivity index (χ0v) is 38.8. The highest BCUT2D eigenvalue weighted by atomic mass is 28.3. The second-order valence-corrected chi connectivity index (χ2v) is 21.7. The molecular formula is C65H45N3Si. The number of fused-ring (bicyclic) bond motifs is 6. The standard InChI is InChI=1S/C65H45N3Si/c1-6-21-46(22-7-1)50-44-60(49-23-20-32-55(41-49)69(52-26-10-3-11-27-52,53-28-12-4-13-29-53)54-30-14-5-15-31-54)66-65(45-50)68-62-36-19-17-34-57(62)59-43-48(38-40-64(59)68)47-37-39-63-58(42-47)56-33-16-18-35-61(56)67(63)51-24-8-2-9-25-51/h1-45H. The SMILES string of the molecule is c1ccc(-c2cc(-c3cccc([Si](c4ccccc4)(c4ccccc4)c4ccccc4)c3)nc(-n3c4ccccc4c4cc(-c5ccc6c(c5)c5ccccc5n6-c5ccccc5)ccc43)c2)cc1. The van der Waals surface area contributed by atoms with Crippen LogP contribution < -0.4 is 20.7 Å². The lowest BCUT2D eigenvalue weighted by atomic mass is 10.0. The minimum Gasteiger partial charge on any atom is -0.309 e. The summed E-state index contributed by atoms with van der Waals surface area (Å²) in [5, 5.41) is 10.2. The lowest BCUT2D eigenvalue weighted by Gasteiger charge is -2.34. The van der Waals surface area contributed by atoms with Crippen molar-refractivity contribution in [1.82, 2.24) is 14.1 Å². The molecule has 0 amide bonds. The van der Waals surface area contributed by atoms with Crippen LogP contribution in [-0.4, -0.2) is 22.2 Å². The first-order chi connectivity index (χ1) is 34.2. The fraction of sp³-hybridized carbons (Fsp3) is 0. The fourth-order valence-electron chi connectivity index (χ4n) is 11.0. The quantitative estimate of drug-likeness (QED) is 0.105. The van der Waals surface area contributed by atoms with E-state index in [1.807, 2.05) is 0 Å². The van der Waals surface area contributed by atoms with Crippen LogP contribution in [0.4, 0.5) is 0 Å². The smallest absolute Gasteiger partial charge is 0.179 e. The molecule has 4 heteroatoms. The molecule has 0 saturated heterocycles. The molecule has 0 N–H and O–H groups in total. The molecule has 0 radical (unpaired) electrons. The minimum atomic E-state index is -2.79. The molecule has 0 aliphatic rings. The Morgan fingerprint density at radius 1 is 0.261 bits per heavy atom. The van der Waals surface area contributed by atoms with Gasteiger partial charge in [-0.15, -0.1) is 0 Å². The summed E-state index contributed by atoms with van der Waals surface area (Å²) in [7, 11) is -2.79. The molecule has 0 aliphatic heterocycles. The van der Waals surface area contributed by atoms with Gasteiger partial charge in [0.05, 0.1) is 27.8 Å². The highest BCUT2D eigenvalue weighted by Gasteiger charge is 2.41. The van der Waals surface area contributed by atoms with Crippen LogP contribution in [0.3, 0.4) is 0 Å². The van der Waals surface area contributed by atoms with Gasteiger partial charge in [0.25, 0.3) is 0 Å². The Morgan fingerprint density at radius 2 is 0.696 bits per heavy atom. The summed E-state index contributed by atoms with van der Waals surface area (Å²) in [4.78, 5) is 5.66. The van der Waals surface area contributed by atoms with Gasteiger partial charge < -0.3 is 4.57 Å². The monoisotopic (exact) mass is 895 g/mol. The van der Waals surface area contributed by atoms with Gasteiger partial charge in [0, 0.05) is 32.8 Å². The van der Waals surface area contributed by atoms with Crippen molar-refractivity contribution < 1.29 is 0 Å². The predicted octanol–water partition coefficient (Wildman–Crippen LogP) is 13.7. The molecule has 0 unspecified atom stereocenters. The van der Waals surface area contributed by atoms with Gasteiger partial charge in [-0.3, -0.25) is 4.57 Å². The lowest BCUT2D eigenvalue weighted by Crippen LogP contribution is -2.74. The summed E-state index contributed by atoms with van der Waals surface area (Å²) >= 11 is 0. The summed E-state index contributed by atoms with van der Waals surface area (Å²) in [6.07, 6.45) is 0. The number of rotatable bonds is 9. The Labute approximate surface area is 402 Å². The first kappa shape index (κ1) is 40.4. The highest BCUT2D eigenvalue weighted by molar-refractivity contribution is 7.19. The second kappa shape index (κ2) is 16.8. The van der Waals surface area contributed by atoms with Gasteiger partial charge in [0.2, 0.25) is 0 Å². The normalized spacial score (nSPS) is 11.8. The second-order valence-electron chi connectivity index (χ2n) is 17.9. The zero-order valence-electron chi connectivity index (χ0n) is 37.8. The van der Waals surface area contributed by atoms with Crippen molar-refractivity contribution in [3.8, 4) is 45.0 Å². The third kappa shape index (κ3) is 6.76. The van der Waals surface area contributed by atoms with Crippen LogP contribution in [0, 0.1) is 0 Å². The molecule has 69 heavy (non-hydrogen) atoms. The van der Waals surface area contributed by atoms with Gasteiger partial charge in [0.15, 0.2) is 8.07 Å². The molecule has 324 valence electrons. The molecule has 3 nitrogen and oxygen atoms in total. The van der Waals surface area contributed by atoms with Crippen LogP contribution in [0.15, 0.2) is 273 Å². The Morgan fingerprint density at radius 3 is 1.26 bits per heavy atom. The van der Waals surface area contributed by atoms with Gasteiger partial charge in [-0.05, 0) is 104 Å². The third-order valence-corrected chi connectivity index (χ3v) is 18.8. The van der Waals surface area contributed by atoms with Crippen LogP contribution in [0.5, 0.6) is 0 Å². The van der Waals surface area contributed by atoms with E-state index in [4.69, 9.17) is 4.98 Å². The Kier molecular flexibility index (Phi) is 9.85. The maximum Gasteiger partial charge on any atom is 0.179 e. The summed E-state index contributed by atoms with van der Waals surface area (Å²) in [6.45, 7) is 0. The molecular weight excluding hydrogens is 851 g/mol. The average Bonchev–Trinajstić information content (AvgIpc) is 3.95. The van der Waals surface area contributed by atoms with Crippen molar-refractivity contribution >= 4 is 72.4 Å². The number of para-hydroxylation sites is 3. The molecule has 0 fully saturated rings. The summed E-state index contributed by atoms with van der Waals surface area (Å²) in [6, 6.07) is 99.9. The number of benzene rings is 10. The molecule has 13 aromatic rings. The van der Waals surface area contributed by atoms with Crippen molar-refractivity contribution in [3.63, 3.8) is 0 Å². The maximum absolute atomic E-state index is 5.66. The maximum atomic E-state index is 5.66. The van der Waals surface area contributed by atoms with Crippen molar-refractivity contribution in [2.75, 3.05) is 0 Å². The van der Waals surface area contributed by atoms with E-state index in [-0.39, 0.29) is 0 Å². The van der Waals surface area contributed by atoms with E-state index in [0.717, 1.165) is 44.9 Å². The minimum absolute atomic E-state index is 0.878. The van der Waals surface area contributed by atoms with Gasteiger partial charge in [-0.25, -0.2) is 4.98 Å². The van der Waals surface area contributed by atoms with Crippen molar-refractivity contribution in [3.05, 3.63) is 273 Å². The van der Waals surface area contributed by atoms with Crippen LogP contribution in [0.1, 0.15) is 0 Å². The number of nitrogens with zero attached hydrogens (tertiary/aromatic N) is 3. The van der Waals surface area contributed by atoms with Crippen LogP contribution in [0.25, 0.3) is 88.6 Å². The number of pyridine rings is 1. The number of aromatic nitrogens is 3. The first-order valence-electron chi connectivity index (χ1n) is 23.7. The van der Waals surface area contributed by atoms with E-state index in [0.29, 0.717) is 0 Å². The topological polar surface area (TPSA) is 22.8 Å². The van der Waals surface area contributed by atoms with Gasteiger partial charge in [-0.1, -0.05) is 212 Å². The molecule has 3 heterocycles. The lowest BCUT2D eigenvalue weighted by molar-refractivity contribution is 1.08. The Hall–Kier alpha value is -8.83. The predicted molar refractivity (Wildman–Crippen MR) is 293 cm³/mol. The van der Waals surface area contributed by atoms with Crippen molar-refractivity contribution in [2.45, 2.75) is 0 Å². The number of hydrogen-bond donors (Lipinski definition) is 0. The molecule has 10 aromatic carbocycles. The third-order valence-electron chi connectivity index (χ3n) is 14.1. The van der Waals surface area contributed by atoms with E-state index in [2.05, 4.69) is 282 Å². The van der Waals surface area contributed by atoms with Gasteiger partial charge in [-0.2, -0.15) is 0 Å². The molecule has 0 saturated carbocycles. The summed E-state index contributed by atoms with van der Waals surface area (Å²) < 4.78 is 4.74. The highest BCUT2D eigenvalue weighted by Crippen LogP contribution is 2.39. The largest absolute Gasteiger partial charge is 0.309 e. The fourth-order valence-corrected chi connectivity index (χ4v) is 15.8. The first-order valence-corrected chi connectivity index (χ1v) is 25.7. The Balaban J connectivity index is 0.995. The van der Waals surface area contributed by atoms with Crippen LogP contribution in [0.2, 0.25) is 0 Å². The van der Waals surface area contributed by atoms with E-state index < -0.39 is 8.07 Å². The number of hydrogen-bond acceptors (Lipinski definition) is 1. The molecule has 0 bridgehead atoms. The molecule has 0 spiro atoms. The average molecular weight is 896 g/mol. The van der Waals surface area contributed by atoms with Crippen LogP contribution in [-0.2, 0) is 0 Å². The molecule has 0 atom stereocenters. The van der Waals surface area contributed by atoms with E-state index in [1.54, 1.807) is 0 Å². The van der Waals surface area contributed by atoms with E-state index >= 15 is 0 Å². The van der Waals surface area contributed by atoms with Crippen molar-refractivity contribution in [1.29, 1.82) is 0 Å². The van der Waals surface area contributed by atoms with Crippen LogP contribution >= 0.6 is 0 Å². The van der Waals surface area contributed by atoms with Crippen molar-refractivity contribution in [2.24, 2.45) is 0 Å². The zero-order chi connectivity index (χ0) is 45.7.